The minimum atomic E-state index is -0.417. The highest BCUT2D eigenvalue weighted by atomic mass is 16.7. The van der Waals surface area contributed by atoms with Gasteiger partial charge in [-0.1, -0.05) is 30.3 Å². The van der Waals surface area contributed by atoms with E-state index in [2.05, 4.69) is 6.07 Å². The maximum atomic E-state index is 8.81. The van der Waals surface area contributed by atoms with Crippen LogP contribution in [0.2, 0.25) is 0 Å². The fourth-order valence-electron chi connectivity index (χ4n) is 1.77. The third kappa shape index (κ3) is 1.70. The number of ether oxygens (including phenoxy) is 2. The monoisotopic (exact) mass is 223 g/mol. The summed E-state index contributed by atoms with van der Waals surface area (Å²) in [6, 6.07) is 17.0. The topological polar surface area (TPSA) is 42.2 Å². The van der Waals surface area contributed by atoms with Crippen molar-refractivity contribution in [1.82, 2.24) is 0 Å². The SMILES string of the molecule is N#Cc1ccc2c(c1)OC(c1ccccc1)O2. The van der Waals surface area contributed by atoms with E-state index < -0.39 is 6.29 Å². The van der Waals surface area contributed by atoms with Gasteiger partial charge in [0.25, 0.3) is 6.29 Å². The van der Waals surface area contributed by atoms with Crippen molar-refractivity contribution < 1.29 is 9.47 Å². The van der Waals surface area contributed by atoms with Gasteiger partial charge in [0, 0.05) is 11.6 Å². The van der Waals surface area contributed by atoms with Crippen LogP contribution in [0.3, 0.4) is 0 Å². The summed E-state index contributed by atoms with van der Waals surface area (Å²) < 4.78 is 11.3. The molecule has 1 heterocycles. The molecule has 2 aromatic rings. The fraction of sp³-hybridized carbons (Fsp3) is 0.0714. The zero-order valence-corrected chi connectivity index (χ0v) is 8.96. The first-order valence-electron chi connectivity index (χ1n) is 5.29. The van der Waals surface area contributed by atoms with Gasteiger partial charge in [0.15, 0.2) is 11.5 Å². The Kier molecular flexibility index (Phi) is 2.20. The highest BCUT2D eigenvalue weighted by Gasteiger charge is 2.25. The quantitative estimate of drug-likeness (QED) is 0.746. The number of benzene rings is 2. The molecule has 3 rings (SSSR count). The standard InChI is InChI=1S/C14H9NO2/c15-9-10-6-7-12-13(8-10)17-14(16-12)11-4-2-1-3-5-11/h1-8,14H. The average Bonchev–Trinajstić information content (AvgIpc) is 2.82. The van der Waals surface area contributed by atoms with E-state index in [1.165, 1.54) is 0 Å². The van der Waals surface area contributed by atoms with E-state index in [1.807, 2.05) is 30.3 Å². The van der Waals surface area contributed by atoms with Crippen LogP contribution in [0.5, 0.6) is 11.5 Å². The molecule has 0 aliphatic carbocycles. The number of hydrogen-bond donors (Lipinski definition) is 0. The maximum absolute atomic E-state index is 8.81. The summed E-state index contributed by atoms with van der Waals surface area (Å²) in [4.78, 5) is 0. The lowest BCUT2D eigenvalue weighted by Gasteiger charge is -2.09. The van der Waals surface area contributed by atoms with Crippen LogP contribution in [0.25, 0.3) is 0 Å². The molecule has 0 saturated heterocycles. The molecule has 1 atom stereocenters. The van der Waals surface area contributed by atoms with Gasteiger partial charge in [-0.25, -0.2) is 0 Å². The Morgan fingerprint density at radius 1 is 0.941 bits per heavy atom. The second kappa shape index (κ2) is 3.84. The van der Waals surface area contributed by atoms with Gasteiger partial charge in [-0.05, 0) is 12.1 Å². The van der Waals surface area contributed by atoms with Gasteiger partial charge in [-0.3, -0.25) is 0 Å². The molecule has 0 spiro atoms. The van der Waals surface area contributed by atoms with E-state index in [0.29, 0.717) is 17.1 Å². The fourth-order valence-corrected chi connectivity index (χ4v) is 1.77. The third-order valence-corrected chi connectivity index (χ3v) is 2.61. The van der Waals surface area contributed by atoms with Crippen LogP contribution in [0, 0.1) is 11.3 Å². The number of nitriles is 1. The molecule has 17 heavy (non-hydrogen) atoms. The molecule has 2 aromatic carbocycles. The Bertz CT molecular complexity index is 587. The minimum absolute atomic E-state index is 0.417. The first kappa shape index (κ1) is 9.73. The Labute approximate surface area is 98.8 Å². The van der Waals surface area contributed by atoms with Gasteiger partial charge < -0.3 is 9.47 Å². The highest BCUT2D eigenvalue weighted by Crippen LogP contribution is 2.40. The van der Waals surface area contributed by atoms with Crippen molar-refractivity contribution in [3.8, 4) is 17.6 Å². The van der Waals surface area contributed by atoms with Gasteiger partial charge in [-0.15, -0.1) is 0 Å². The predicted octanol–water partition coefficient (Wildman–Crippen LogP) is 3.03. The van der Waals surface area contributed by atoms with E-state index in [9.17, 15) is 0 Å². The van der Waals surface area contributed by atoms with Crippen molar-refractivity contribution in [2.75, 3.05) is 0 Å². The lowest BCUT2D eigenvalue weighted by Crippen LogP contribution is -2.07. The number of hydrogen-bond acceptors (Lipinski definition) is 3. The third-order valence-electron chi connectivity index (χ3n) is 2.61. The predicted molar refractivity (Wildman–Crippen MR) is 61.6 cm³/mol. The second-order valence-electron chi connectivity index (χ2n) is 3.75. The summed E-state index contributed by atoms with van der Waals surface area (Å²) in [6.45, 7) is 0. The lowest BCUT2D eigenvalue weighted by atomic mass is 10.2. The van der Waals surface area contributed by atoms with Crippen LogP contribution in [-0.4, -0.2) is 0 Å². The summed E-state index contributed by atoms with van der Waals surface area (Å²) >= 11 is 0. The molecular formula is C14H9NO2. The van der Waals surface area contributed by atoms with Gasteiger partial charge in [0.2, 0.25) is 0 Å². The van der Waals surface area contributed by atoms with Crippen molar-refractivity contribution in [1.29, 1.82) is 5.26 Å². The molecule has 0 fully saturated rings. The van der Waals surface area contributed by atoms with Crippen LogP contribution in [-0.2, 0) is 0 Å². The van der Waals surface area contributed by atoms with Crippen LogP contribution in [0.15, 0.2) is 48.5 Å². The van der Waals surface area contributed by atoms with E-state index in [0.717, 1.165) is 5.56 Å². The Balaban J connectivity index is 1.91. The average molecular weight is 223 g/mol. The van der Waals surface area contributed by atoms with Gasteiger partial charge in [0.1, 0.15) is 0 Å². The summed E-state index contributed by atoms with van der Waals surface area (Å²) in [6.07, 6.45) is -0.417. The van der Waals surface area contributed by atoms with Crippen LogP contribution >= 0.6 is 0 Å². The van der Waals surface area contributed by atoms with Crippen molar-refractivity contribution >= 4 is 0 Å². The molecule has 0 bridgehead atoms. The second-order valence-corrected chi connectivity index (χ2v) is 3.75. The molecule has 3 nitrogen and oxygen atoms in total. The molecular weight excluding hydrogens is 214 g/mol. The summed E-state index contributed by atoms with van der Waals surface area (Å²) in [5.74, 6) is 1.30. The highest BCUT2D eigenvalue weighted by molar-refractivity contribution is 5.49. The first-order chi connectivity index (χ1) is 8.36. The molecule has 1 aliphatic heterocycles. The van der Waals surface area contributed by atoms with Gasteiger partial charge in [-0.2, -0.15) is 5.26 Å². The molecule has 0 saturated carbocycles. The first-order valence-corrected chi connectivity index (χ1v) is 5.29. The van der Waals surface area contributed by atoms with Crippen LogP contribution < -0.4 is 9.47 Å². The zero-order chi connectivity index (χ0) is 11.7. The Morgan fingerprint density at radius 3 is 2.47 bits per heavy atom. The smallest absolute Gasteiger partial charge is 0.267 e. The largest absolute Gasteiger partial charge is 0.447 e. The van der Waals surface area contributed by atoms with Gasteiger partial charge >= 0.3 is 0 Å². The molecule has 1 aliphatic rings. The molecule has 0 radical (unpaired) electrons. The summed E-state index contributed by atoms with van der Waals surface area (Å²) in [5.41, 5.74) is 1.53. The zero-order valence-electron chi connectivity index (χ0n) is 8.96. The molecule has 3 heteroatoms. The molecule has 82 valence electrons. The molecule has 0 aromatic heterocycles. The number of fused-ring (bicyclic) bond motifs is 1. The van der Waals surface area contributed by atoms with Crippen molar-refractivity contribution in [3.63, 3.8) is 0 Å². The molecule has 0 N–H and O–H groups in total. The Morgan fingerprint density at radius 2 is 1.71 bits per heavy atom. The molecule has 1 unspecified atom stereocenters. The lowest BCUT2D eigenvalue weighted by molar-refractivity contribution is 0.0487. The van der Waals surface area contributed by atoms with E-state index >= 15 is 0 Å². The van der Waals surface area contributed by atoms with Crippen LogP contribution in [0.1, 0.15) is 17.4 Å². The summed E-state index contributed by atoms with van der Waals surface area (Å²) in [7, 11) is 0. The van der Waals surface area contributed by atoms with E-state index in [1.54, 1.807) is 18.2 Å². The summed E-state index contributed by atoms with van der Waals surface area (Å²) in [5, 5.41) is 8.81. The van der Waals surface area contributed by atoms with E-state index in [4.69, 9.17) is 14.7 Å². The van der Waals surface area contributed by atoms with Crippen LogP contribution in [0.4, 0.5) is 0 Å². The molecule has 0 amide bonds. The van der Waals surface area contributed by atoms with Crippen molar-refractivity contribution in [2.45, 2.75) is 6.29 Å². The van der Waals surface area contributed by atoms with Crippen molar-refractivity contribution in [3.05, 3.63) is 59.7 Å². The van der Waals surface area contributed by atoms with E-state index in [-0.39, 0.29) is 0 Å². The number of rotatable bonds is 1. The maximum Gasteiger partial charge on any atom is 0.267 e. The normalized spacial score (nSPS) is 16.5. The minimum Gasteiger partial charge on any atom is -0.447 e. The van der Waals surface area contributed by atoms with Crippen molar-refractivity contribution in [2.24, 2.45) is 0 Å². The number of nitrogens with zero attached hydrogens (tertiary/aromatic N) is 1. The Hall–Kier alpha value is -2.47. The van der Waals surface area contributed by atoms with Gasteiger partial charge in [0.05, 0.1) is 11.6 Å².